The number of imidazole rings is 1. The molecule has 1 aromatic heterocycles. The van der Waals surface area contributed by atoms with Gasteiger partial charge in [0.2, 0.25) is 0 Å². The smallest absolute Gasteiger partial charge is 0.104 e. The van der Waals surface area contributed by atoms with Gasteiger partial charge in [0.05, 0.1) is 11.0 Å². The van der Waals surface area contributed by atoms with Crippen molar-refractivity contribution in [1.29, 1.82) is 0 Å². The first-order chi connectivity index (χ1) is 6.86. The molecule has 0 unspecified atom stereocenters. The summed E-state index contributed by atoms with van der Waals surface area (Å²) in [6.07, 6.45) is 0. The van der Waals surface area contributed by atoms with Crippen molar-refractivity contribution in [2.24, 2.45) is 0 Å². The van der Waals surface area contributed by atoms with Crippen LogP contribution in [0.2, 0.25) is 0 Å². The van der Waals surface area contributed by atoms with E-state index in [9.17, 15) is 0 Å². The third kappa shape index (κ3) is 3.21. The van der Waals surface area contributed by atoms with E-state index in [1.807, 2.05) is 58.9 Å². The molecule has 0 fully saturated rings. The van der Waals surface area contributed by atoms with E-state index in [0.29, 0.717) is 0 Å². The van der Waals surface area contributed by atoms with E-state index < -0.39 is 0 Å². The molecule has 0 aliphatic heterocycles. The van der Waals surface area contributed by atoms with Crippen molar-refractivity contribution in [2.75, 3.05) is 0 Å². The second-order valence-corrected chi connectivity index (χ2v) is 2.34. The van der Waals surface area contributed by atoms with E-state index in [0.717, 1.165) is 16.9 Å². The van der Waals surface area contributed by atoms with Crippen LogP contribution in [0.15, 0.2) is 24.3 Å². The summed E-state index contributed by atoms with van der Waals surface area (Å²) in [7, 11) is 0. The van der Waals surface area contributed by atoms with Gasteiger partial charge in [-0.3, -0.25) is 0 Å². The molecule has 0 aliphatic rings. The summed E-state index contributed by atoms with van der Waals surface area (Å²) in [4.78, 5) is 7.40. The Kier molecular flexibility index (Phi) is 6.46. The molecule has 0 saturated carbocycles. The number of aryl methyl sites for hydroxylation is 1. The van der Waals surface area contributed by atoms with Crippen molar-refractivity contribution in [1.82, 2.24) is 9.97 Å². The maximum Gasteiger partial charge on any atom is 0.104 e. The fourth-order valence-corrected chi connectivity index (χ4v) is 1.08. The Morgan fingerprint density at radius 2 is 1.57 bits per heavy atom. The van der Waals surface area contributed by atoms with Crippen LogP contribution in [-0.2, 0) is 0 Å². The Bertz CT molecular complexity index is 317. The molecule has 0 bridgehead atoms. The van der Waals surface area contributed by atoms with Crippen LogP contribution in [0.4, 0.5) is 0 Å². The number of hydrogen-bond donors (Lipinski definition) is 1. The van der Waals surface area contributed by atoms with E-state index in [2.05, 4.69) is 9.97 Å². The molecule has 2 nitrogen and oxygen atoms in total. The lowest BCUT2D eigenvalue weighted by Gasteiger charge is -1.81. The van der Waals surface area contributed by atoms with Gasteiger partial charge in [-0.25, -0.2) is 4.98 Å². The van der Waals surface area contributed by atoms with Gasteiger partial charge in [-0.2, -0.15) is 0 Å². The first kappa shape index (κ1) is 12.7. The monoisotopic (exact) mass is 192 g/mol. The van der Waals surface area contributed by atoms with E-state index in [-0.39, 0.29) is 0 Å². The summed E-state index contributed by atoms with van der Waals surface area (Å²) < 4.78 is 0. The molecule has 14 heavy (non-hydrogen) atoms. The van der Waals surface area contributed by atoms with Gasteiger partial charge < -0.3 is 4.98 Å². The number of nitrogens with one attached hydrogen (secondary N) is 1. The molecule has 1 heterocycles. The Morgan fingerprint density at radius 1 is 1.00 bits per heavy atom. The topological polar surface area (TPSA) is 28.7 Å². The highest BCUT2D eigenvalue weighted by Crippen LogP contribution is 2.08. The number of para-hydroxylation sites is 2. The van der Waals surface area contributed by atoms with Crippen LogP contribution in [0.5, 0.6) is 0 Å². The second kappa shape index (κ2) is 7.13. The second-order valence-electron chi connectivity index (χ2n) is 2.34. The zero-order chi connectivity index (χ0) is 11.0. The van der Waals surface area contributed by atoms with Gasteiger partial charge in [0, 0.05) is 0 Å². The molecule has 2 heteroatoms. The molecule has 0 spiro atoms. The number of fused-ring (bicyclic) bond motifs is 1. The highest BCUT2D eigenvalue weighted by molar-refractivity contribution is 5.74. The fourth-order valence-electron chi connectivity index (χ4n) is 1.08. The molecule has 0 amide bonds. The number of hydrogen-bond acceptors (Lipinski definition) is 1. The predicted molar refractivity (Wildman–Crippen MR) is 63.5 cm³/mol. The highest BCUT2D eigenvalue weighted by Gasteiger charge is 1.93. The Labute approximate surface area is 86.4 Å². The molecule has 2 aromatic rings. The zero-order valence-corrected chi connectivity index (χ0v) is 9.76. The molecule has 2 rings (SSSR count). The molecule has 78 valence electrons. The number of benzene rings is 1. The van der Waals surface area contributed by atoms with Crippen molar-refractivity contribution in [3.05, 3.63) is 30.1 Å². The normalized spacial score (nSPS) is 8.36. The van der Waals surface area contributed by atoms with Crippen molar-refractivity contribution in [3.63, 3.8) is 0 Å². The first-order valence-electron chi connectivity index (χ1n) is 5.27. The van der Waals surface area contributed by atoms with E-state index in [4.69, 9.17) is 0 Å². The third-order valence-electron chi connectivity index (χ3n) is 1.51. The van der Waals surface area contributed by atoms with Crippen molar-refractivity contribution in [2.45, 2.75) is 34.6 Å². The molecular formula is C12H20N2. The molecule has 0 aliphatic carbocycles. The number of H-pyrrole nitrogens is 1. The van der Waals surface area contributed by atoms with Crippen LogP contribution in [0.25, 0.3) is 11.0 Å². The first-order valence-corrected chi connectivity index (χ1v) is 5.27. The van der Waals surface area contributed by atoms with Gasteiger partial charge in [0.15, 0.2) is 0 Å². The summed E-state index contributed by atoms with van der Waals surface area (Å²) in [5.74, 6) is 0.973. The van der Waals surface area contributed by atoms with Gasteiger partial charge in [0.25, 0.3) is 0 Å². The summed E-state index contributed by atoms with van der Waals surface area (Å²) in [5.41, 5.74) is 2.15. The Balaban J connectivity index is 0.000000379. The van der Waals surface area contributed by atoms with Crippen LogP contribution < -0.4 is 0 Å². The summed E-state index contributed by atoms with van der Waals surface area (Å²) in [5, 5.41) is 0. The van der Waals surface area contributed by atoms with E-state index in [1.54, 1.807) is 0 Å². The quantitative estimate of drug-likeness (QED) is 0.673. The molecule has 1 N–H and O–H groups in total. The molecule has 1 aromatic carbocycles. The highest BCUT2D eigenvalue weighted by atomic mass is 14.9. The Hall–Kier alpha value is -1.31. The minimum absolute atomic E-state index is 0.973. The maximum atomic E-state index is 4.26. The number of rotatable bonds is 0. The van der Waals surface area contributed by atoms with Crippen molar-refractivity contribution >= 4 is 11.0 Å². The standard InChI is InChI=1S/C8H8N2.2C2H6/c1-6-9-7-4-2-3-5-8(7)10-6;2*1-2/h2-5H,1H3,(H,9,10);2*1-2H3. The van der Waals surface area contributed by atoms with Gasteiger partial charge in [0.1, 0.15) is 5.82 Å². The lowest BCUT2D eigenvalue weighted by atomic mass is 10.3. The minimum Gasteiger partial charge on any atom is -0.342 e. The van der Waals surface area contributed by atoms with Gasteiger partial charge in [-0.15, -0.1) is 0 Å². The van der Waals surface area contributed by atoms with Crippen LogP contribution in [-0.4, -0.2) is 9.97 Å². The summed E-state index contributed by atoms with van der Waals surface area (Å²) in [6.45, 7) is 9.96. The molecule has 0 atom stereocenters. The molecule has 0 radical (unpaired) electrons. The number of aromatic nitrogens is 2. The van der Waals surface area contributed by atoms with Crippen LogP contribution in [0.1, 0.15) is 33.5 Å². The van der Waals surface area contributed by atoms with Crippen molar-refractivity contribution in [3.8, 4) is 0 Å². The zero-order valence-electron chi connectivity index (χ0n) is 9.76. The SMILES string of the molecule is CC.CC.Cc1nc2ccccc2[nH]1. The van der Waals surface area contributed by atoms with Crippen LogP contribution in [0, 0.1) is 6.92 Å². The summed E-state index contributed by atoms with van der Waals surface area (Å²) in [6, 6.07) is 8.01. The van der Waals surface area contributed by atoms with E-state index >= 15 is 0 Å². The Morgan fingerprint density at radius 3 is 2.14 bits per heavy atom. The van der Waals surface area contributed by atoms with E-state index in [1.165, 1.54) is 0 Å². The lowest BCUT2D eigenvalue weighted by molar-refractivity contribution is 1.17. The average molecular weight is 192 g/mol. The average Bonchev–Trinajstić information content (AvgIpc) is 2.64. The van der Waals surface area contributed by atoms with Gasteiger partial charge in [-0.05, 0) is 19.1 Å². The minimum atomic E-state index is 0.973. The lowest BCUT2D eigenvalue weighted by Crippen LogP contribution is -1.68. The maximum absolute atomic E-state index is 4.26. The van der Waals surface area contributed by atoms with Crippen LogP contribution >= 0.6 is 0 Å². The fraction of sp³-hybridized carbons (Fsp3) is 0.417. The van der Waals surface area contributed by atoms with Gasteiger partial charge in [-0.1, -0.05) is 39.8 Å². The molecular weight excluding hydrogens is 172 g/mol. The third-order valence-corrected chi connectivity index (χ3v) is 1.51. The largest absolute Gasteiger partial charge is 0.342 e. The number of aromatic amines is 1. The predicted octanol–water partition coefficient (Wildman–Crippen LogP) is 3.92. The molecule has 0 saturated heterocycles. The van der Waals surface area contributed by atoms with Gasteiger partial charge >= 0.3 is 0 Å². The van der Waals surface area contributed by atoms with Crippen LogP contribution in [0.3, 0.4) is 0 Å². The number of nitrogens with zero attached hydrogens (tertiary/aromatic N) is 1. The van der Waals surface area contributed by atoms with Crippen molar-refractivity contribution < 1.29 is 0 Å². The summed E-state index contributed by atoms with van der Waals surface area (Å²) >= 11 is 0.